The largest absolute Gasteiger partial charge is 0.493 e. The molecule has 0 aliphatic carbocycles. The summed E-state index contributed by atoms with van der Waals surface area (Å²) in [6.07, 6.45) is -3.57. The van der Waals surface area contributed by atoms with Gasteiger partial charge < -0.3 is 10.5 Å². The van der Waals surface area contributed by atoms with Gasteiger partial charge in [0, 0.05) is 5.92 Å². The molecular formula is C11H12F3NO. The molecule has 1 unspecified atom stereocenters. The van der Waals surface area contributed by atoms with Crippen molar-refractivity contribution in [2.24, 2.45) is 5.73 Å². The molecule has 16 heavy (non-hydrogen) atoms. The fourth-order valence-corrected chi connectivity index (χ4v) is 1.88. The first-order valence-electron chi connectivity index (χ1n) is 5.06. The summed E-state index contributed by atoms with van der Waals surface area (Å²) in [5.74, 6) is 0.419. The molecular weight excluding hydrogens is 219 g/mol. The van der Waals surface area contributed by atoms with Gasteiger partial charge in [-0.3, -0.25) is 0 Å². The van der Waals surface area contributed by atoms with Crippen molar-refractivity contribution >= 4 is 0 Å². The Hall–Kier alpha value is -1.23. The maximum Gasteiger partial charge on any atom is 0.416 e. The van der Waals surface area contributed by atoms with Gasteiger partial charge in [-0.2, -0.15) is 13.2 Å². The third kappa shape index (κ3) is 2.00. The van der Waals surface area contributed by atoms with Crippen LogP contribution in [0.3, 0.4) is 0 Å². The lowest BCUT2D eigenvalue weighted by atomic mass is 9.92. The lowest BCUT2D eigenvalue weighted by Crippen LogP contribution is -2.21. The van der Waals surface area contributed by atoms with E-state index in [0.717, 1.165) is 24.1 Å². The van der Waals surface area contributed by atoms with Crippen molar-refractivity contribution in [1.29, 1.82) is 0 Å². The Labute approximate surface area is 91.2 Å². The van der Waals surface area contributed by atoms with Crippen molar-refractivity contribution < 1.29 is 17.9 Å². The summed E-state index contributed by atoms with van der Waals surface area (Å²) in [5.41, 5.74) is 5.67. The van der Waals surface area contributed by atoms with Crippen LogP contribution in [0.25, 0.3) is 0 Å². The minimum atomic E-state index is -4.33. The zero-order valence-corrected chi connectivity index (χ0v) is 8.55. The van der Waals surface area contributed by atoms with Crippen LogP contribution in [0.2, 0.25) is 0 Å². The molecule has 0 saturated heterocycles. The molecule has 0 spiro atoms. The number of ether oxygens (including phenoxy) is 1. The molecule has 0 bridgehead atoms. The first kappa shape index (κ1) is 11.3. The Kier molecular flexibility index (Phi) is 2.80. The molecule has 1 aromatic carbocycles. The Morgan fingerprint density at radius 1 is 1.38 bits per heavy atom. The zero-order valence-electron chi connectivity index (χ0n) is 8.55. The van der Waals surface area contributed by atoms with E-state index in [1.165, 1.54) is 6.07 Å². The molecule has 0 fully saturated rings. The van der Waals surface area contributed by atoms with Crippen LogP contribution in [-0.4, -0.2) is 13.2 Å². The molecule has 88 valence electrons. The van der Waals surface area contributed by atoms with E-state index >= 15 is 0 Å². The number of benzene rings is 1. The number of hydrogen-bond donors (Lipinski definition) is 1. The molecule has 1 heterocycles. The lowest BCUT2D eigenvalue weighted by molar-refractivity contribution is -0.137. The SMILES string of the molecule is NCC1CCOc2cc(C(F)(F)F)ccc21. The lowest BCUT2D eigenvalue weighted by Gasteiger charge is -2.25. The summed E-state index contributed by atoms with van der Waals surface area (Å²) in [5, 5.41) is 0. The highest BCUT2D eigenvalue weighted by Gasteiger charge is 2.32. The summed E-state index contributed by atoms with van der Waals surface area (Å²) in [7, 11) is 0. The highest BCUT2D eigenvalue weighted by atomic mass is 19.4. The maximum absolute atomic E-state index is 12.5. The average molecular weight is 231 g/mol. The summed E-state index contributed by atoms with van der Waals surface area (Å²) in [6.45, 7) is 0.859. The summed E-state index contributed by atoms with van der Waals surface area (Å²) >= 11 is 0. The fraction of sp³-hybridized carbons (Fsp3) is 0.455. The Morgan fingerprint density at radius 2 is 2.12 bits per heavy atom. The van der Waals surface area contributed by atoms with Crippen molar-refractivity contribution in [3.63, 3.8) is 0 Å². The van der Waals surface area contributed by atoms with Gasteiger partial charge in [0.15, 0.2) is 0 Å². The van der Waals surface area contributed by atoms with Crippen LogP contribution >= 0.6 is 0 Å². The van der Waals surface area contributed by atoms with E-state index in [1.54, 1.807) is 0 Å². The van der Waals surface area contributed by atoms with Crippen molar-refractivity contribution in [1.82, 2.24) is 0 Å². The Bertz CT molecular complexity index is 389. The first-order valence-corrected chi connectivity index (χ1v) is 5.06. The van der Waals surface area contributed by atoms with Gasteiger partial charge in [0.25, 0.3) is 0 Å². The maximum atomic E-state index is 12.5. The number of nitrogens with two attached hydrogens (primary N) is 1. The zero-order chi connectivity index (χ0) is 11.8. The first-order chi connectivity index (χ1) is 7.52. The number of alkyl halides is 3. The standard InChI is InChI=1S/C11H12F3NO/c12-11(13,14)8-1-2-9-7(6-15)3-4-16-10(9)5-8/h1-2,5,7H,3-4,6,15H2. The molecule has 0 amide bonds. The van der Waals surface area contributed by atoms with Crippen LogP contribution in [0.15, 0.2) is 18.2 Å². The average Bonchev–Trinajstić information content (AvgIpc) is 2.26. The smallest absolute Gasteiger partial charge is 0.416 e. The predicted molar refractivity (Wildman–Crippen MR) is 53.4 cm³/mol. The van der Waals surface area contributed by atoms with Gasteiger partial charge in [-0.1, -0.05) is 6.07 Å². The second-order valence-electron chi connectivity index (χ2n) is 3.82. The molecule has 0 saturated carbocycles. The topological polar surface area (TPSA) is 35.2 Å². The number of hydrogen-bond acceptors (Lipinski definition) is 2. The second-order valence-corrected chi connectivity index (χ2v) is 3.82. The third-order valence-electron chi connectivity index (χ3n) is 2.79. The number of rotatable bonds is 1. The molecule has 2 N–H and O–H groups in total. The fourth-order valence-electron chi connectivity index (χ4n) is 1.88. The van der Waals surface area contributed by atoms with Gasteiger partial charge in [-0.15, -0.1) is 0 Å². The molecule has 0 radical (unpaired) electrons. The minimum Gasteiger partial charge on any atom is -0.493 e. The second kappa shape index (κ2) is 3.97. The quantitative estimate of drug-likeness (QED) is 0.806. The van der Waals surface area contributed by atoms with E-state index in [2.05, 4.69) is 0 Å². The molecule has 1 aliphatic rings. The van der Waals surface area contributed by atoms with Crippen LogP contribution in [0, 0.1) is 0 Å². The van der Waals surface area contributed by atoms with Gasteiger partial charge in [0.1, 0.15) is 5.75 Å². The third-order valence-corrected chi connectivity index (χ3v) is 2.79. The van der Waals surface area contributed by atoms with Crippen molar-refractivity contribution in [3.05, 3.63) is 29.3 Å². The predicted octanol–water partition coefficient (Wildman–Crippen LogP) is 2.53. The van der Waals surface area contributed by atoms with Gasteiger partial charge in [-0.05, 0) is 30.7 Å². The normalized spacial score (nSPS) is 20.1. The van der Waals surface area contributed by atoms with Crippen LogP contribution in [0.5, 0.6) is 5.75 Å². The molecule has 0 aromatic heterocycles. The van der Waals surface area contributed by atoms with E-state index in [4.69, 9.17) is 10.5 Å². The van der Waals surface area contributed by atoms with Gasteiger partial charge in [0.05, 0.1) is 12.2 Å². The van der Waals surface area contributed by atoms with E-state index < -0.39 is 11.7 Å². The number of fused-ring (bicyclic) bond motifs is 1. The van der Waals surface area contributed by atoms with E-state index in [0.29, 0.717) is 18.9 Å². The van der Waals surface area contributed by atoms with Crippen molar-refractivity contribution in [2.45, 2.75) is 18.5 Å². The summed E-state index contributed by atoms with van der Waals surface area (Å²) < 4.78 is 42.6. The van der Waals surface area contributed by atoms with Gasteiger partial charge in [0.2, 0.25) is 0 Å². The number of halogens is 3. The molecule has 5 heteroatoms. The summed E-state index contributed by atoms with van der Waals surface area (Å²) in [6, 6.07) is 3.60. The van der Waals surface area contributed by atoms with E-state index in [1.807, 2.05) is 0 Å². The monoisotopic (exact) mass is 231 g/mol. The van der Waals surface area contributed by atoms with Gasteiger partial charge in [-0.25, -0.2) is 0 Å². The van der Waals surface area contributed by atoms with E-state index in [-0.39, 0.29) is 5.92 Å². The minimum absolute atomic E-state index is 0.103. The highest BCUT2D eigenvalue weighted by Crippen LogP contribution is 2.38. The molecule has 2 nitrogen and oxygen atoms in total. The molecule has 1 atom stereocenters. The Morgan fingerprint density at radius 3 is 2.75 bits per heavy atom. The van der Waals surface area contributed by atoms with Crippen LogP contribution < -0.4 is 10.5 Å². The summed E-state index contributed by atoms with van der Waals surface area (Å²) in [4.78, 5) is 0. The van der Waals surface area contributed by atoms with Crippen LogP contribution in [-0.2, 0) is 6.18 Å². The van der Waals surface area contributed by atoms with Gasteiger partial charge >= 0.3 is 6.18 Å². The van der Waals surface area contributed by atoms with Crippen LogP contribution in [0.1, 0.15) is 23.5 Å². The van der Waals surface area contributed by atoms with Crippen molar-refractivity contribution in [2.75, 3.05) is 13.2 Å². The molecule has 2 rings (SSSR count). The molecule has 1 aliphatic heterocycles. The molecule has 1 aromatic rings. The highest BCUT2D eigenvalue weighted by molar-refractivity contribution is 5.42. The Balaban J connectivity index is 2.39. The van der Waals surface area contributed by atoms with E-state index in [9.17, 15) is 13.2 Å². The van der Waals surface area contributed by atoms with Crippen LogP contribution in [0.4, 0.5) is 13.2 Å². The van der Waals surface area contributed by atoms with Crippen molar-refractivity contribution in [3.8, 4) is 5.75 Å².